The summed E-state index contributed by atoms with van der Waals surface area (Å²) < 4.78 is 16.8. The van der Waals surface area contributed by atoms with Crippen LogP contribution in [0.2, 0.25) is 0 Å². The van der Waals surface area contributed by atoms with Crippen molar-refractivity contribution in [3.05, 3.63) is 41.5 Å². The monoisotopic (exact) mass is 237 g/mol. The second-order valence-electron chi connectivity index (χ2n) is 3.35. The normalized spacial score (nSPS) is 10.4. The van der Waals surface area contributed by atoms with Gasteiger partial charge in [-0.25, -0.2) is 9.37 Å². The van der Waals surface area contributed by atoms with Gasteiger partial charge >= 0.3 is 0 Å². The molecule has 0 atom stereocenters. The van der Waals surface area contributed by atoms with Gasteiger partial charge in [-0.3, -0.25) is 0 Å². The smallest absolute Gasteiger partial charge is 0.202 e. The van der Waals surface area contributed by atoms with Crippen molar-refractivity contribution in [1.82, 2.24) is 9.36 Å². The highest BCUT2D eigenvalue weighted by molar-refractivity contribution is 7.09. The molecule has 0 amide bonds. The van der Waals surface area contributed by atoms with Crippen LogP contribution < -0.4 is 5.32 Å². The zero-order valence-corrected chi connectivity index (χ0v) is 9.72. The van der Waals surface area contributed by atoms with Crippen LogP contribution in [-0.2, 0) is 13.0 Å². The van der Waals surface area contributed by atoms with Crippen molar-refractivity contribution in [1.29, 1.82) is 0 Å². The third-order valence-electron chi connectivity index (χ3n) is 2.14. The van der Waals surface area contributed by atoms with Crippen LogP contribution in [0.15, 0.2) is 24.3 Å². The molecule has 0 aliphatic carbocycles. The van der Waals surface area contributed by atoms with Gasteiger partial charge in [0.2, 0.25) is 5.13 Å². The number of hydrogen-bond donors (Lipinski definition) is 1. The Kier molecular flexibility index (Phi) is 3.46. The molecule has 0 aliphatic rings. The van der Waals surface area contributed by atoms with Gasteiger partial charge < -0.3 is 5.32 Å². The molecular weight excluding hydrogens is 225 g/mol. The number of rotatable bonds is 4. The summed E-state index contributed by atoms with van der Waals surface area (Å²) in [6, 6.07) is 6.41. The van der Waals surface area contributed by atoms with Crippen LogP contribution in [0, 0.1) is 5.82 Å². The molecule has 0 bridgehead atoms. The highest BCUT2D eigenvalue weighted by atomic mass is 32.1. The van der Waals surface area contributed by atoms with E-state index >= 15 is 0 Å². The van der Waals surface area contributed by atoms with Gasteiger partial charge in [0, 0.05) is 24.5 Å². The fraction of sp³-hybridized carbons (Fsp3) is 0.273. The molecule has 1 aromatic carbocycles. The lowest BCUT2D eigenvalue weighted by Gasteiger charge is -2.01. The summed E-state index contributed by atoms with van der Waals surface area (Å²) in [6.07, 6.45) is 0.842. The number of nitrogens with zero attached hydrogens (tertiary/aromatic N) is 2. The summed E-state index contributed by atoms with van der Waals surface area (Å²) in [5, 5.41) is 3.96. The van der Waals surface area contributed by atoms with Crippen molar-refractivity contribution < 1.29 is 4.39 Å². The third-order valence-corrected chi connectivity index (χ3v) is 2.85. The van der Waals surface area contributed by atoms with Gasteiger partial charge in [-0.05, 0) is 17.7 Å². The minimum Gasteiger partial charge on any atom is -0.356 e. The molecule has 3 nitrogen and oxygen atoms in total. The predicted molar refractivity (Wildman–Crippen MR) is 63.0 cm³/mol. The maximum atomic E-state index is 12.7. The van der Waals surface area contributed by atoms with Crippen LogP contribution in [0.5, 0.6) is 0 Å². The van der Waals surface area contributed by atoms with Gasteiger partial charge in [-0.15, -0.1) is 0 Å². The number of aromatic nitrogens is 2. The summed E-state index contributed by atoms with van der Waals surface area (Å²) >= 11 is 1.35. The first-order chi connectivity index (χ1) is 7.78. The summed E-state index contributed by atoms with van der Waals surface area (Å²) in [7, 11) is 0. The summed E-state index contributed by atoms with van der Waals surface area (Å²) in [4.78, 5) is 4.28. The average Bonchev–Trinajstić information content (AvgIpc) is 2.76. The van der Waals surface area contributed by atoms with Crippen molar-refractivity contribution in [2.75, 3.05) is 5.32 Å². The van der Waals surface area contributed by atoms with E-state index in [1.165, 1.54) is 23.7 Å². The predicted octanol–water partition coefficient (Wildman–Crippen LogP) is 2.85. The largest absolute Gasteiger partial charge is 0.356 e. The lowest BCUT2D eigenvalue weighted by molar-refractivity contribution is 0.627. The van der Waals surface area contributed by atoms with Crippen LogP contribution in [0.3, 0.4) is 0 Å². The van der Waals surface area contributed by atoms with Crippen molar-refractivity contribution in [2.24, 2.45) is 0 Å². The van der Waals surface area contributed by atoms with Crippen molar-refractivity contribution >= 4 is 16.7 Å². The van der Waals surface area contributed by atoms with Crippen LogP contribution in [0.25, 0.3) is 0 Å². The van der Waals surface area contributed by atoms with E-state index in [1.54, 1.807) is 12.1 Å². The Hall–Kier alpha value is -1.49. The molecule has 0 spiro atoms. The first-order valence-electron chi connectivity index (χ1n) is 5.09. The maximum absolute atomic E-state index is 12.7. The topological polar surface area (TPSA) is 37.8 Å². The number of hydrogen-bond acceptors (Lipinski definition) is 4. The Bertz CT molecular complexity index is 453. The molecule has 1 heterocycles. The van der Waals surface area contributed by atoms with Crippen LogP contribution in [-0.4, -0.2) is 9.36 Å². The fourth-order valence-corrected chi connectivity index (χ4v) is 1.89. The van der Waals surface area contributed by atoms with Gasteiger partial charge in [0.05, 0.1) is 0 Å². The van der Waals surface area contributed by atoms with Crippen molar-refractivity contribution in [2.45, 2.75) is 19.9 Å². The standard InChI is InChI=1S/C11H12FN3S/c1-2-10-14-11(16-15-10)13-7-8-3-5-9(12)6-4-8/h3-6H,2,7H2,1H3,(H,13,14,15). The SMILES string of the molecule is CCc1nsc(NCc2ccc(F)cc2)n1. The quantitative estimate of drug-likeness (QED) is 0.888. The Morgan fingerprint density at radius 1 is 1.31 bits per heavy atom. The van der Waals surface area contributed by atoms with Crippen LogP contribution in [0.1, 0.15) is 18.3 Å². The number of benzene rings is 1. The van der Waals surface area contributed by atoms with Gasteiger partial charge in [0.25, 0.3) is 0 Å². The Morgan fingerprint density at radius 2 is 2.06 bits per heavy atom. The summed E-state index contributed by atoms with van der Waals surface area (Å²) in [5.74, 6) is 0.638. The van der Waals surface area contributed by atoms with Gasteiger partial charge in [0.15, 0.2) is 0 Å². The first-order valence-corrected chi connectivity index (χ1v) is 5.86. The van der Waals surface area contributed by atoms with Crippen LogP contribution in [0.4, 0.5) is 9.52 Å². The zero-order chi connectivity index (χ0) is 11.4. The van der Waals surface area contributed by atoms with E-state index in [0.29, 0.717) is 6.54 Å². The highest BCUT2D eigenvalue weighted by Gasteiger charge is 2.01. The number of halogens is 1. The molecule has 0 aliphatic heterocycles. The maximum Gasteiger partial charge on any atom is 0.202 e. The molecule has 2 rings (SSSR count). The Morgan fingerprint density at radius 3 is 2.69 bits per heavy atom. The van der Waals surface area contributed by atoms with E-state index in [1.807, 2.05) is 6.92 Å². The van der Waals surface area contributed by atoms with Crippen molar-refractivity contribution in [3.63, 3.8) is 0 Å². The van der Waals surface area contributed by atoms with E-state index < -0.39 is 0 Å². The minimum absolute atomic E-state index is 0.215. The molecule has 0 radical (unpaired) electrons. The van der Waals surface area contributed by atoms with Crippen molar-refractivity contribution in [3.8, 4) is 0 Å². The minimum atomic E-state index is -0.215. The lowest BCUT2D eigenvalue weighted by atomic mass is 10.2. The molecule has 5 heteroatoms. The second-order valence-corrected chi connectivity index (χ2v) is 4.10. The molecule has 2 aromatic rings. The highest BCUT2D eigenvalue weighted by Crippen LogP contribution is 2.13. The zero-order valence-electron chi connectivity index (χ0n) is 8.90. The fourth-order valence-electron chi connectivity index (χ4n) is 1.25. The molecular formula is C11H12FN3S. The molecule has 0 saturated carbocycles. The van der Waals surface area contributed by atoms with Crippen LogP contribution >= 0.6 is 11.5 Å². The van der Waals surface area contributed by atoms with E-state index in [4.69, 9.17) is 0 Å². The number of aryl methyl sites for hydroxylation is 1. The van der Waals surface area contributed by atoms with E-state index in [9.17, 15) is 4.39 Å². The molecule has 0 unspecified atom stereocenters. The first kappa shape index (κ1) is 11.0. The lowest BCUT2D eigenvalue weighted by Crippen LogP contribution is -1.99. The van der Waals surface area contributed by atoms with Gasteiger partial charge in [-0.1, -0.05) is 19.1 Å². The Labute approximate surface area is 97.5 Å². The number of nitrogens with one attached hydrogen (secondary N) is 1. The van der Waals surface area contributed by atoms with E-state index in [-0.39, 0.29) is 5.82 Å². The molecule has 0 saturated heterocycles. The number of anilines is 1. The average molecular weight is 237 g/mol. The second kappa shape index (κ2) is 5.03. The summed E-state index contributed by atoms with van der Waals surface area (Å²) in [6.45, 7) is 2.66. The summed E-state index contributed by atoms with van der Waals surface area (Å²) in [5.41, 5.74) is 1.02. The van der Waals surface area contributed by atoms with E-state index in [0.717, 1.165) is 22.9 Å². The van der Waals surface area contributed by atoms with Gasteiger partial charge in [0.1, 0.15) is 11.6 Å². The molecule has 1 aromatic heterocycles. The molecule has 1 N–H and O–H groups in total. The molecule has 0 fully saturated rings. The van der Waals surface area contributed by atoms with Gasteiger partial charge in [-0.2, -0.15) is 4.37 Å². The Balaban J connectivity index is 1.94. The van der Waals surface area contributed by atoms with E-state index in [2.05, 4.69) is 14.7 Å². The molecule has 84 valence electrons. The third kappa shape index (κ3) is 2.76. The molecule has 16 heavy (non-hydrogen) atoms.